The predicted octanol–water partition coefficient (Wildman–Crippen LogP) is 3.57. The maximum Gasteiger partial charge on any atom is 0.0253 e. The minimum absolute atomic E-state index is 0.593. The molecule has 2 heteroatoms. The van der Waals surface area contributed by atoms with E-state index in [0.717, 1.165) is 10.0 Å². The van der Waals surface area contributed by atoms with Gasteiger partial charge in [0, 0.05) is 11.0 Å². The molecule has 0 spiro atoms. The topological polar surface area (TPSA) is 26.0 Å². The molecule has 1 nitrogen and oxygen atoms in total. The Morgan fingerprint density at radius 3 is 2.20 bits per heavy atom. The van der Waals surface area contributed by atoms with Crippen LogP contribution in [0.5, 0.6) is 0 Å². The first-order chi connectivity index (χ1) is 7.31. The number of benzene rings is 2. The second-order valence-electron chi connectivity index (χ2n) is 3.38. The summed E-state index contributed by atoms with van der Waals surface area (Å²) in [6.07, 6.45) is 0. The molecular weight excluding hydrogens is 250 g/mol. The Morgan fingerprint density at radius 2 is 1.60 bits per heavy atom. The summed E-state index contributed by atoms with van der Waals surface area (Å²) >= 11 is 3.54. The molecule has 15 heavy (non-hydrogen) atoms. The zero-order valence-corrected chi connectivity index (χ0v) is 9.87. The van der Waals surface area contributed by atoms with Crippen molar-refractivity contribution >= 4 is 15.9 Å². The standard InChI is InChI=1S/C13H12BrN/c14-13-4-2-1-3-12(13)11-7-5-10(9-15)6-8-11/h1-8H,9,15H2. The lowest BCUT2D eigenvalue weighted by atomic mass is 10.0. The fourth-order valence-electron chi connectivity index (χ4n) is 1.52. The van der Waals surface area contributed by atoms with Gasteiger partial charge in [-0.1, -0.05) is 58.4 Å². The minimum Gasteiger partial charge on any atom is -0.326 e. The maximum absolute atomic E-state index is 5.56. The molecule has 0 amide bonds. The lowest BCUT2D eigenvalue weighted by Gasteiger charge is -2.05. The molecule has 0 heterocycles. The third kappa shape index (κ3) is 2.28. The third-order valence-corrected chi connectivity index (χ3v) is 3.07. The maximum atomic E-state index is 5.56. The molecule has 0 atom stereocenters. The zero-order valence-electron chi connectivity index (χ0n) is 8.28. The van der Waals surface area contributed by atoms with Crippen LogP contribution in [0.1, 0.15) is 5.56 Å². The van der Waals surface area contributed by atoms with Crippen molar-refractivity contribution in [1.82, 2.24) is 0 Å². The van der Waals surface area contributed by atoms with Crippen molar-refractivity contribution in [2.75, 3.05) is 0 Å². The second-order valence-corrected chi connectivity index (χ2v) is 4.24. The van der Waals surface area contributed by atoms with Crippen LogP contribution < -0.4 is 5.73 Å². The zero-order chi connectivity index (χ0) is 10.7. The molecule has 0 aliphatic heterocycles. The highest BCUT2D eigenvalue weighted by Crippen LogP contribution is 2.27. The summed E-state index contributed by atoms with van der Waals surface area (Å²) in [5, 5.41) is 0. The van der Waals surface area contributed by atoms with Crippen molar-refractivity contribution in [2.45, 2.75) is 6.54 Å². The van der Waals surface area contributed by atoms with Crippen molar-refractivity contribution in [3.63, 3.8) is 0 Å². The molecule has 2 aromatic rings. The number of rotatable bonds is 2. The van der Waals surface area contributed by atoms with Gasteiger partial charge in [-0.2, -0.15) is 0 Å². The minimum atomic E-state index is 0.593. The van der Waals surface area contributed by atoms with Crippen LogP contribution >= 0.6 is 15.9 Å². The summed E-state index contributed by atoms with van der Waals surface area (Å²) in [5.41, 5.74) is 9.13. The van der Waals surface area contributed by atoms with Gasteiger partial charge < -0.3 is 5.73 Å². The molecule has 0 radical (unpaired) electrons. The lowest BCUT2D eigenvalue weighted by Crippen LogP contribution is -1.95. The number of halogens is 1. The fourth-order valence-corrected chi connectivity index (χ4v) is 2.03. The van der Waals surface area contributed by atoms with Gasteiger partial charge in [0.2, 0.25) is 0 Å². The monoisotopic (exact) mass is 261 g/mol. The summed E-state index contributed by atoms with van der Waals surface area (Å²) in [5.74, 6) is 0. The molecule has 2 aromatic carbocycles. The van der Waals surface area contributed by atoms with Crippen LogP contribution in [0, 0.1) is 0 Å². The van der Waals surface area contributed by atoms with Crippen LogP contribution in [0.25, 0.3) is 11.1 Å². The van der Waals surface area contributed by atoms with Gasteiger partial charge in [-0.25, -0.2) is 0 Å². The predicted molar refractivity (Wildman–Crippen MR) is 67.5 cm³/mol. The largest absolute Gasteiger partial charge is 0.326 e. The van der Waals surface area contributed by atoms with Gasteiger partial charge in [0.25, 0.3) is 0 Å². The SMILES string of the molecule is NCc1ccc(-c2ccccc2Br)cc1. The molecule has 0 aliphatic carbocycles. The first-order valence-electron chi connectivity index (χ1n) is 4.85. The Balaban J connectivity index is 2.42. The van der Waals surface area contributed by atoms with Crippen LogP contribution in [0.15, 0.2) is 53.0 Å². The van der Waals surface area contributed by atoms with E-state index in [4.69, 9.17) is 5.73 Å². The molecule has 2 N–H and O–H groups in total. The first kappa shape index (κ1) is 10.4. The van der Waals surface area contributed by atoms with E-state index in [1.807, 2.05) is 18.2 Å². The number of nitrogens with two attached hydrogens (primary N) is 1. The van der Waals surface area contributed by atoms with Gasteiger partial charge >= 0.3 is 0 Å². The van der Waals surface area contributed by atoms with Gasteiger partial charge in [-0.3, -0.25) is 0 Å². The van der Waals surface area contributed by atoms with Crippen molar-refractivity contribution in [3.8, 4) is 11.1 Å². The van der Waals surface area contributed by atoms with E-state index >= 15 is 0 Å². The van der Waals surface area contributed by atoms with Gasteiger partial charge in [0.05, 0.1) is 0 Å². The Bertz CT molecular complexity index is 448. The van der Waals surface area contributed by atoms with Crippen LogP contribution in [-0.4, -0.2) is 0 Å². The molecule has 0 fully saturated rings. The molecule has 0 bridgehead atoms. The van der Waals surface area contributed by atoms with Crippen LogP contribution in [-0.2, 0) is 6.54 Å². The van der Waals surface area contributed by atoms with Crippen LogP contribution in [0.4, 0.5) is 0 Å². The van der Waals surface area contributed by atoms with E-state index in [0.29, 0.717) is 6.54 Å². The molecule has 0 unspecified atom stereocenters. The molecule has 76 valence electrons. The quantitative estimate of drug-likeness (QED) is 0.879. The van der Waals surface area contributed by atoms with Crippen molar-refractivity contribution in [1.29, 1.82) is 0 Å². The average Bonchev–Trinajstić information content (AvgIpc) is 2.30. The van der Waals surface area contributed by atoms with Crippen molar-refractivity contribution < 1.29 is 0 Å². The summed E-state index contributed by atoms with van der Waals surface area (Å²) in [6.45, 7) is 0.593. The summed E-state index contributed by atoms with van der Waals surface area (Å²) in [7, 11) is 0. The van der Waals surface area contributed by atoms with E-state index in [1.54, 1.807) is 0 Å². The highest BCUT2D eigenvalue weighted by atomic mass is 79.9. The Hall–Kier alpha value is -1.12. The Labute approximate surface area is 98.1 Å². The Kier molecular flexibility index (Phi) is 3.19. The van der Waals surface area contributed by atoms with E-state index in [1.165, 1.54) is 11.1 Å². The normalized spacial score (nSPS) is 10.3. The number of hydrogen-bond donors (Lipinski definition) is 1. The summed E-state index contributed by atoms with van der Waals surface area (Å²) in [4.78, 5) is 0. The average molecular weight is 262 g/mol. The Morgan fingerprint density at radius 1 is 0.933 bits per heavy atom. The highest BCUT2D eigenvalue weighted by molar-refractivity contribution is 9.10. The van der Waals surface area contributed by atoms with Crippen LogP contribution in [0.2, 0.25) is 0 Å². The summed E-state index contributed by atoms with van der Waals surface area (Å²) in [6, 6.07) is 16.5. The van der Waals surface area contributed by atoms with Crippen LogP contribution in [0.3, 0.4) is 0 Å². The molecule has 0 saturated heterocycles. The highest BCUT2D eigenvalue weighted by Gasteiger charge is 2.01. The first-order valence-corrected chi connectivity index (χ1v) is 5.64. The number of hydrogen-bond acceptors (Lipinski definition) is 1. The van der Waals surface area contributed by atoms with E-state index in [2.05, 4.69) is 46.3 Å². The van der Waals surface area contributed by atoms with E-state index in [-0.39, 0.29) is 0 Å². The summed E-state index contributed by atoms with van der Waals surface area (Å²) < 4.78 is 1.12. The third-order valence-electron chi connectivity index (χ3n) is 2.37. The van der Waals surface area contributed by atoms with Gasteiger partial charge in [0.1, 0.15) is 0 Å². The van der Waals surface area contributed by atoms with E-state index < -0.39 is 0 Å². The van der Waals surface area contributed by atoms with Crippen molar-refractivity contribution in [3.05, 3.63) is 58.6 Å². The molecule has 0 aliphatic rings. The van der Waals surface area contributed by atoms with Crippen molar-refractivity contribution in [2.24, 2.45) is 5.73 Å². The molecule has 0 saturated carbocycles. The lowest BCUT2D eigenvalue weighted by molar-refractivity contribution is 1.07. The van der Waals surface area contributed by atoms with Gasteiger partial charge in [-0.15, -0.1) is 0 Å². The van der Waals surface area contributed by atoms with Gasteiger partial charge in [-0.05, 0) is 22.8 Å². The second kappa shape index (κ2) is 4.60. The molecular formula is C13H12BrN. The molecule has 0 aromatic heterocycles. The van der Waals surface area contributed by atoms with E-state index in [9.17, 15) is 0 Å². The van der Waals surface area contributed by atoms with Gasteiger partial charge in [0.15, 0.2) is 0 Å². The fraction of sp³-hybridized carbons (Fsp3) is 0.0769. The molecule has 2 rings (SSSR count). The smallest absolute Gasteiger partial charge is 0.0253 e.